The van der Waals surface area contributed by atoms with Gasteiger partial charge in [-0.15, -0.1) is 0 Å². The highest BCUT2D eigenvalue weighted by atomic mass is 16.2. The van der Waals surface area contributed by atoms with Crippen molar-refractivity contribution in [3.63, 3.8) is 0 Å². The van der Waals surface area contributed by atoms with Crippen molar-refractivity contribution in [1.82, 2.24) is 9.88 Å². The molecule has 0 aliphatic carbocycles. The molecule has 1 amide bonds. The highest BCUT2D eigenvalue weighted by molar-refractivity contribution is 5.92. The predicted octanol–water partition coefficient (Wildman–Crippen LogP) is 0.335. The lowest BCUT2D eigenvalue weighted by molar-refractivity contribution is 0.0998. The van der Waals surface area contributed by atoms with Crippen molar-refractivity contribution in [3.8, 4) is 0 Å². The van der Waals surface area contributed by atoms with Crippen LogP contribution in [0.5, 0.6) is 0 Å². The van der Waals surface area contributed by atoms with Gasteiger partial charge in [0.25, 0.3) is 11.5 Å². The molecule has 0 spiro atoms. The SMILES string of the molecule is CC(C)(C)NCCn1cccc(C(N)=O)c1=O. The fraction of sp³-hybridized carbons (Fsp3) is 0.500. The summed E-state index contributed by atoms with van der Waals surface area (Å²) in [6.07, 6.45) is 1.65. The first-order chi connectivity index (χ1) is 7.81. The molecule has 17 heavy (non-hydrogen) atoms. The van der Waals surface area contributed by atoms with Crippen molar-refractivity contribution >= 4 is 5.91 Å². The van der Waals surface area contributed by atoms with Crippen LogP contribution in [-0.2, 0) is 6.54 Å². The van der Waals surface area contributed by atoms with E-state index in [2.05, 4.69) is 26.1 Å². The summed E-state index contributed by atoms with van der Waals surface area (Å²) < 4.78 is 1.48. The first-order valence-electron chi connectivity index (χ1n) is 5.55. The van der Waals surface area contributed by atoms with Gasteiger partial charge in [0.2, 0.25) is 0 Å². The smallest absolute Gasteiger partial charge is 0.263 e. The van der Waals surface area contributed by atoms with Crippen molar-refractivity contribution < 1.29 is 4.79 Å². The van der Waals surface area contributed by atoms with Crippen molar-refractivity contribution in [3.05, 3.63) is 34.2 Å². The zero-order valence-electron chi connectivity index (χ0n) is 10.5. The van der Waals surface area contributed by atoms with E-state index in [0.29, 0.717) is 13.1 Å². The van der Waals surface area contributed by atoms with E-state index in [0.717, 1.165) is 0 Å². The molecule has 3 N–H and O–H groups in total. The number of amides is 1. The minimum Gasteiger partial charge on any atom is -0.365 e. The van der Waals surface area contributed by atoms with E-state index in [1.54, 1.807) is 12.3 Å². The zero-order valence-corrected chi connectivity index (χ0v) is 10.5. The Labute approximate surface area is 101 Å². The van der Waals surface area contributed by atoms with Crippen LogP contribution >= 0.6 is 0 Å². The molecular weight excluding hydrogens is 218 g/mol. The summed E-state index contributed by atoms with van der Waals surface area (Å²) >= 11 is 0. The van der Waals surface area contributed by atoms with Gasteiger partial charge < -0.3 is 15.6 Å². The number of aromatic nitrogens is 1. The second-order valence-electron chi connectivity index (χ2n) is 4.96. The Bertz CT molecular complexity index is 458. The molecule has 94 valence electrons. The molecule has 0 atom stereocenters. The third-order valence-corrected chi connectivity index (χ3v) is 2.29. The Morgan fingerprint density at radius 3 is 2.65 bits per heavy atom. The van der Waals surface area contributed by atoms with Crippen LogP contribution in [0.15, 0.2) is 23.1 Å². The fourth-order valence-corrected chi connectivity index (χ4v) is 1.45. The number of nitrogens with two attached hydrogens (primary N) is 1. The van der Waals surface area contributed by atoms with E-state index in [-0.39, 0.29) is 16.7 Å². The molecule has 1 aromatic rings. The van der Waals surface area contributed by atoms with Crippen molar-refractivity contribution in [2.45, 2.75) is 32.9 Å². The molecule has 0 fully saturated rings. The maximum Gasteiger partial charge on any atom is 0.263 e. The lowest BCUT2D eigenvalue weighted by Crippen LogP contribution is -2.39. The Kier molecular flexibility index (Phi) is 4.07. The van der Waals surface area contributed by atoms with Gasteiger partial charge in [-0.3, -0.25) is 9.59 Å². The maximum absolute atomic E-state index is 11.8. The van der Waals surface area contributed by atoms with Gasteiger partial charge in [0.05, 0.1) is 0 Å². The molecule has 5 nitrogen and oxygen atoms in total. The summed E-state index contributed by atoms with van der Waals surface area (Å²) in [5.74, 6) is -0.687. The van der Waals surface area contributed by atoms with Gasteiger partial charge in [0.1, 0.15) is 5.56 Å². The van der Waals surface area contributed by atoms with E-state index in [4.69, 9.17) is 5.73 Å². The van der Waals surface area contributed by atoms with E-state index < -0.39 is 5.91 Å². The molecule has 0 bridgehead atoms. The summed E-state index contributed by atoms with van der Waals surface area (Å²) in [5, 5.41) is 3.27. The van der Waals surface area contributed by atoms with E-state index in [1.807, 2.05) is 0 Å². The van der Waals surface area contributed by atoms with Crippen molar-refractivity contribution in [2.75, 3.05) is 6.54 Å². The summed E-state index contributed by atoms with van der Waals surface area (Å²) in [6.45, 7) is 7.32. The van der Waals surface area contributed by atoms with Crippen LogP contribution in [-0.4, -0.2) is 22.6 Å². The van der Waals surface area contributed by atoms with Crippen LogP contribution in [0.3, 0.4) is 0 Å². The summed E-state index contributed by atoms with van der Waals surface area (Å²) in [5.41, 5.74) is 4.81. The van der Waals surface area contributed by atoms with Crippen LogP contribution in [0.2, 0.25) is 0 Å². The Hall–Kier alpha value is -1.62. The Morgan fingerprint density at radius 1 is 1.47 bits per heavy atom. The molecule has 0 aromatic carbocycles. The average molecular weight is 237 g/mol. The number of carbonyl (C=O) groups is 1. The second kappa shape index (κ2) is 5.14. The standard InChI is InChI=1S/C12H19N3O2/c1-12(2,3)14-6-8-15-7-4-5-9(10(13)16)11(15)17/h4-5,7,14H,6,8H2,1-3H3,(H2,13,16). The molecule has 0 unspecified atom stereocenters. The summed E-state index contributed by atoms with van der Waals surface area (Å²) in [7, 11) is 0. The molecule has 5 heteroatoms. The second-order valence-corrected chi connectivity index (χ2v) is 4.96. The highest BCUT2D eigenvalue weighted by Gasteiger charge is 2.10. The number of carbonyl (C=O) groups excluding carboxylic acids is 1. The largest absolute Gasteiger partial charge is 0.365 e. The van der Waals surface area contributed by atoms with Crippen molar-refractivity contribution in [1.29, 1.82) is 0 Å². The molecule has 0 radical (unpaired) electrons. The highest BCUT2D eigenvalue weighted by Crippen LogP contribution is 1.97. The van der Waals surface area contributed by atoms with Crippen LogP contribution in [0, 0.1) is 0 Å². The molecule has 0 aliphatic heterocycles. The van der Waals surface area contributed by atoms with Gasteiger partial charge in [-0.1, -0.05) is 0 Å². The zero-order chi connectivity index (χ0) is 13.1. The molecule has 1 heterocycles. The Morgan fingerprint density at radius 2 is 2.12 bits per heavy atom. The van der Waals surface area contributed by atoms with Gasteiger partial charge in [-0.25, -0.2) is 0 Å². The normalized spacial score (nSPS) is 11.5. The monoisotopic (exact) mass is 237 g/mol. The minimum atomic E-state index is -0.687. The molecule has 1 aromatic heterocycles. The Balaban J connectivity index is 2.76. The number of nitrogens with one attached hydrogen (secondary N) is 1. The van der Waals surface area contributed by atoms with Gasteiger partial charge in [-0.2, -0.15) is 0 Å². The van der Waals surface area contributed by atoms with Gasteiger partial charge >= 0.3 is 0 Å². The third-order valence-electron chi connectivity index (χ3n) is 2.29. The number of hydrogen-bond donors (Lipinski definition) is 2. The van der Waals surface area contributed by atoms with Crippen molar-refractivity contribution in [2.24, 2.45) is 5.73 Å². The third kappa shape index (κ3) is 4.03. The van der Waals surface area contributed by atoms with Gasteiger partial charge in [0, 0.05) is 24.8 Å². The van der Waals surface area contributed by atoms with E-state index in [1.165, 1.54) is 10.6 Å². The van der Waals surface area contributed by atoms with E-state index >= 15 is 0 Å². The lowest BCUT2D eigenvalue weighted by atomic mass is 10.1. The first kappa shape index (κ1) is 13.4. The molecule has 0 aliphatic rings. The average Bonchev–Trinajstić information content (AvgIpc) is 2.18. The van der Waals surface area contributed by atoms with Crippen LogP contribution in [0.4, 0.5) is 0 Å². The lowest BCUT2D eigenvalue weighted by Gasteiger charge is -2.20. The van der Waals surface area contributed by atoms with E-state index in [9.17, 15) is 9.59 Å². The molecular formula is C12H19N3O2. The number of primary amides is 1. The fourth-order valence-electron chi connectivity index (χ4n) is 1.45. The minimum absolute atomic E-state index is 0.00487. The molecule has 0 saturated carbocycles. The topological polar surface area (TPSA) is 77.1 Å². The van der Waals surface area contributed by atoms with Gasteiger partial charge in [-0.05, 0) is 32.9 Å². The maximum atomic E-state index is 11.8. The number of nitrogens with zero attached hydrogens (tertiary/aromatic N) is 1. The number of hydrogen-bond acceptors (Lipinski definition) is 3. The number of pyridine rings is 1. The summed E-state index contributed by atoms with van der Waals surface area (Å²) in [4.78, 5) is 22.8. The predicted molar refractivity (Wildman–Crippen MR) is 67.0 cm³/mol. The van der Waals surface area contributed by atoms with Crippen LogP contribution < -0.4 is 16.6 Å². The first-order valence-corrected chi connectivity index (χ1v) is 5.55. The van der Waals surface area contributed by atoms with Crippen LogP contribution in [0.25, 0.3) is 0 Å². The molecule has 0 saturated heterocycles. The number of rotatable bonds is 4. The van der Waals surface area contributed by atoms with Gasteiger partial charge in [0.15, 0.2) is 0 Å². The molecule has 1 rings (SSSR count). The quantitative estimate of drug-likeness (QED) is 0.792. The van der Waals surface area contributed by atoms with Crippen LogP contribution in [0.1, 0.15) is 31.1 Å². The summed E-state index contributed by atoms with van der Waals surface area (Å²) in [6, 6.07) is 3.09.